The lowest BCUT2D eigenvalue weighted by molar-refractivity contribution is -0.119. The molecule has 2 N–H and O–H groups in total. The number of nitrogens with one attached hydrogen (secondary N) is 2. The number of amides is 2. The van der Waals surface area contributed by atoms with Gasteiger partial charge in [-0.2, -0.15) is 0 Å². The summed E-state index contributed by atoms with van der Waals surface area (Å²) in [7, 11) is 0. The monoisotopic (exact) mass is 494 g/mol. The van der Waals surface area contributed by atoms with Crippen LogP contribution in [0.4, 0.5) is 5.13 Å². The lowest BCUT2D eigenvalue weighted by Crippen LogP contribution is -2.47. The molecule has 1 aliphatic heterocycles. The fourth-order valence-corrected chi connectivity index (χ4v) is 4.48. The Kier molecular flexibility index (Phi) is 7.97. The van der Waals surface area contributed by atoms with Gasteiger partial charge in [0.25, 0.3) is 5.91 Å². The largest absolute Gasteiger partial charge is 0.454 e. The molecule has 35 heavy (non-hydrogen) atoms. The van der Waals surface area contributed by atoms with E-state index in [1.165, 1.54) is 16.9 Å². The molecule has 2 heterocycles. The Labute approximate surface area is 209 Å². The van der Waals surface area contributed by atoms with Gasteiger partial charge in [-0.25, -0.2) is 0 Å². The third-order valence-electron chi connectivity index (χ3n) is 6.09. The normalized spacial score (nSPS) is 13.8. The molecule has 0 saturated heterocycles. The first-order valence-corrected chi connectivity index (χ1v) is 12.7. The van der Waals surface area contributed by atoms with Crippen molar-refractivity contribution in [3.05, 3.63) is 53.6 Å². The second kappa shape index (κ2) is 11.3. The summed E-state index contributed by atoms with van der Waals surface area (Å²) in [5.41, 5.74) is 2.56. The Hall–Kier alpha value is -3.46. The number of fused-ring (bicyclic) bond motifs is 1. The molecule has 0 bridgehead atoms. The molecule has 4 rings (SSSR count). The summed E-state index contributed by atoms with van der Waals surface area (Å²) >= 11 is 1.26. The van der Waals surface area contributed by atoms with Crippen molar-refractivity contribution < 1.29 is 19.1 Å². The lowest BCUT2D eigenvalue weighted by Gasteiger charge is -2.23. The highest BCUT2D eigenvalue weighted by atomic mass is 32.1. The van der Waals surface area contributed by atoms with Crippen LogP contribution in [-0.4, -0.2) is 34.8 Å². The molecule has 1 aromatic heterocycles. The number of carbonyl (C=O) groups is 2. The van der Waals surface area contributed by atoms with Gasteiger partial charge in [-0.05, 0) is 54.7 Å². The molecule has 0 aliphatic carbocycles. The Morgan fingerprint density at radius 1 is 1.06 bits per heavy atom. The van der Waals surface area contributed by atoms with Crippen LogP contribution in [0.5, 0.6) is 11.5 Å². The lowest BCUT2D eigenvalue weighted by atomic mass is 9.97. The maximum absolute atomic E-state index is 13.1. The fraction of sp³-hybridized carbons (Fsp3) is 0.385. The number of nitrogens with zero attached hydrogens (tertiary/aromatic N) is 2. The Balaban J connectivity index is 1.42. The van der Waals surface area contributed by atoms with E-state index in [-0.39, 0.29) is 24.5 Å². The highest BCUT2D eigenvalue weighted by molar-refractivity contribution is 7.18. The molecular formula is C26H30N4O4S. The third kappa shape index (κ3) is 5.97. The molecule has 2 unspecified atom stereocenters. The van der Waals surface area contributed by atoms with E-state index >= 15 is 0 Å². The van der Waals surface area contributed by atoms with Crippen LogP contribution in [0, 0.1) is 5.92 Å². The minimum atomic E-state index is -0.704. The van der Waals surface area contributed by atoms with Gasteiger partial charge in [-0.1, -0.05) is 57.1 Å². The van der Waals surface area contributed by atoms with Crippen LogP contribution in [0.25, 0.3) is 10.6 Å². The highest BCUT2D eigenvalue weighted by Crippen LogP contribution is 2.37. The Morgan fingerprint density at radius 3 is 2.57 bits per heavy atom. The number of unbranched alkanes of at least 4 members (excludes halogenated alkanes) is 1. The summed E-state index contributed by atoms with van der Waals surface area (Å²) in [6.45, 7) is 6.28. The molecule has 2 amide bonds. The summed E-state index contributed by atoms with van der Waals surface area (Å²) in [6, 6.07) is 12.4. The molecule has 0 radical (unpaired) electrons. The topological polar surface area (TPSA) is 102 Å². The second-order valence-corrected chi connectivity index (χ2v) is 9.58. The predicted octanol–water partition coefficient (Wildman–Crippen LogP) is 5.06. The summed E-state index contributed by atoms with van der Waals surface area (Å²) in [5.74, 6) is 0.686. The van der Waals surface area contributed by atoms with Gasteiger partial charge in [0.05, 0.1) is 0 Å². The van der Waals surface area contributed by atoms with Crippen molar-refractivity contribution in [3.8, 4) is 22.1 Å². The average molecular weight is 495 g/mol. The van der Waals surface area contributed by atoms with Crippen LogP contribution < -0.4 is 20.1 Å². The maximum atomic E-state index is 13.1. The van der Waals surface area contributed by atoms with E-state index in [1.807, 2.05) is 56.3 Å². The summed E-state index contributed by atoms with van der Waals surface area (Å²) in [4.78, 5) is 26.0. The number of benzene rings is 2. The molecule has 0 fully saturated rings. The van der Waals surface area contributed by atoms with Crippen molar-refractivity contribution in [1.29, 1.82) is 0 Å². The first-order valence-electron chi connectivity index (χ1n) is 11.9. The molecular weight excluding hydrogens is 464 g/mol. The number of rotatable bonds is 10. The van der Waals surface area contributed by atoms with Gasteiger partial charge in [0.15, 0.2) is 11.5 Å². The Morgan fingerprint density at radius 2 is 1.83 bits per heavy atom. The molecule has 2 atom stereocenters. The molecule has 8 nitrogen and oxygen atoms in total. The van der Waals surface area contributed by atoms with Crippen LogP contribution in [0.2, 0.25) is 0 Å². The van der Waals surface area contributed by atoms with E-state index in [0.717, 1.165) is 31.2 Å². The van der Waals surface area contributed by atoms with Gasteiger partial charge in [0.2, 0.25) is 17.8 Å². The van der Waals surface area contributed by atoms with Gasteiger partial charge < -0.3 is 14.8 Å². The van der Waals surface area contributed by atoms with Gasteiger partial charge >= 0.3 is 0 Å². The van der Waals surface area contributed by atoms with E-state index in [9.17, 15) is 9.59 Å². The van der Waals surface area contributed by atoms with Crippen LogP contribution >= 0.6 is 11.3 Å². The van der Waals surface area contributed by atoms with Crippen molar-refractivity contribution in [2.24, 2.45) is 5.92 Å². The third-order valence-corrected chi connectivity index (χ3v) is 6.98. The summed E-state index contributed by atoms with van der Waals surface area (Å²) in [5, 5.41) is 15.1. The van der Waals surface area contributed by atoms with Crippen molar-refractivity contribution in [1.82, 2.24) is 15.5 Å². The molecule has 1 aliphatic rings. The van der Waals surface area contributed by atoms with Gasteiger partial charge in [-0.3, -0.25) is 14.9 Å². The van der Waals surface area contributed by atoms with E-state index in [2.05, 4.69) is 27.8 Å². The summed E-state index contributed by atoms with van der Waals surface area (Å²) in [6.07, 6.45) is 3.96. The minimum absolute atomic E-state index is 0.0657. The number of aromatic nitrogens is 2. The average Bonchev–Trinajstić information content (AvgIpc) is 3.54. The molecule has 3 aromatic rings. The van der Waals surface area contributed by atoms with E-state index in [4.69, 9.17) is 9.47 Å². The van der Waals surface area contributed by atoms with Gasteiger partial charge in [0, 0.05) is 11.1 Å². The quantitative estimate of drug-likeness (QED) is 0.408. The number of ether oxygens (including phenoxy) is 2. The number of aryl methyl sites for hydroxylation is 1. The smallest absolute Gasteiger partial charge is 0.251 e. The van der Waals surface area contributed by atoms with Crippen LogP contribution in [0.3, 0.4) is 0 Å². The highest BCUT2D eigenvalue weighted by Gasteiger charge is 2.27. The standard InChI is InChI=1S/C26H30N4O4S/c1-4-6-7-17-8-10-18(11-9-17)23(31)27-22(16(3)5-2)24(32)28-26-30-29-25(35-26)19-12-13-20-21(14-19)34-15-33-20/h8-14,16,22H,4-7,15H2,1-3H3,(H,27,31)(H,28,30,32). The first-order chi connectivity index (χ1) is 17.0. The number of carbonyl (C=O) groups excluding carboxylic acids is 2. The predicted molar refractivity (Wildman–Crippen MR) is 136 cm³/mol. The number of anilines is 1. The number of hydrogen-bond acceptors (Lipinski definition) is 7. The van der Waals surface area contributed by atoms with E-state index in [1.54, 1.807) is 0 Å². The van der Waals surface area contributed by atoms with Crippen LogP contribution in [0.15, 0.2) is 42.5 Å². The van der Waals surface area contributed by atoms with Gasteiger partial charge in [0.1, 0.15) is 11.0 Å². The zero-order chi connectivity index (χ0) is 24.8. The van der Waals surface area contributed by atoms with Crippen LogP contribution in [-0.2, 0) is 11.2 Å². The van der Waals surface area contributed by atoms with E-state index < -0.39 is 6.04 Å². The van der Waals surface area contributed by atoms with Gasteiger partial charge in [-0.15, -0.1) is 10.2 Å². The second-order valence-electron chi connectivity index (χ2n) is 8.61. The molecule has 184 valence electrons. The van der Waals surface area contributed by atoms with Crippen molar-refractivity contribution in [2.45, 2.75) is 52.5 Å². The van der Waals surface area contributed by atoms with Crippen molar-refractivity contribution in [3.63, 3.8) is 0 Å². The van der Waals surface area contributed by atoms with E-state index in [0.29, 0.717) is 27.2 Å². The number of hydrogen-bond donors (Lipinski definition) is 2. The SMILES string of the molecule is CCCCc1ccc(C(=O)NC(C(=O)Nc2nnc(-c3ccc4c(c3)OCO4)s2)C(C)CC)cc1. The van der Waals surface area contributed by atoms with Crippen LogP contribution in [0.1, 0.15) is 56.0 Å². The molecule has 0 saturated carbocycles. The first kappa shape index (κ1) is 24.7. The zero-order valence-electron chi connectivity index (χ0n) is 20.2. The molecule has 0 spiro atoms. The maximum Gasteiger partial charge on any atom is 0.251 e. The minimum Gasteiger partial charge on any atom is -0.454 e. The fourth-order valence-electron chi connectivity index (χ4n) is 3.73. The summed E-state index contributed by atoms with van der Waals surface area (Å²) < 4.78 is 10.8. The molecule has 2 aromatic carbocycles. The van der Waals surface area contributed by atoms with Crippen molar-refractivity contribution >= 4 is 28.3 Å². The Bertz CT molecular complexity index is 1180. The molecule has 9 heteroatoms. The van der Waals surface area contributed by atoms with Crippen molar-refractivity contribution in [2.75, 3.05) is 12.1 Å². The zero-order valence-corrected chi connectivity index (χ0v) is 21.0.